The first-order chi connectivity index (χ1) is 17.9. The molecule has 6 rings (SSSR count). The summed E-state index contributed by atoms with van der Waals surface area (Å²) in [5.74, 6) is 0. The van der Waals surface area contributed by atoms with Gasteiger partial charge in [0.05, 0.1) is 17.6 Å². The molecule has 0 unspecified atom stereocenters. The van der Waals surface area contributed by atoms with E-state index in [9.17, 15) is 13.0 Å². The largest absolute Gasteiger partial charge is 0.396 e. The van der Waals surface area contributed by atoms with E-state index in [1.54, 1.807) is 60.1 Å². The Morgan fingerprint density at radius 1 is 0.789 bits per heavy atom. The van der Waals surface area contributed by atoms with Gasteiger partial charge in [0.2, 0.25) is 0 Å². The Morgan fingerprint density at radius 3 is 2.18 bits per heavy atom. The number of rotatable bonds is 4. The maximum atomic E-state index is 12.0. The van der Waals surface area contributed by atoms with Gasteiger partial charge in [-0.15, -0.1) is 10.2 Å². The van der Waals surface area contributed by atoms with Gasteiger partial charge in [0.15, 0.2) is 0 Å². The topological polar surface area (TPSA) is 118 Å². The van der Waals surface area contributed by atoms with Gasteiger partial charge in [-0.25, -0.2) is 0 Å². The van der Waals surface area contributed by atoms with Crippen LogP contribution in [0.5, 0.6) is 0 Å². The predicted octanol–water partition coefficient (Wildman–Crippen LogP) is 7.38. The Morgan fingerprint density at radius 2 is 1.47 bits per heavy atom. The minimum Gasteiger partial charge on any atom is -0.396 e. The van der Waals surface area contributed by atoms with Crippen molar-refractivity contribution in [2.75, 3.05) is 5.73 Å². The first-order valence-electron chi connectivity index (χ1n) is 11.1. The SMILES string of the molecule is Nc1c(N=Nc2ccc(-c3cccc4c3Sc3ccccc3S4)nc2)cc(S(=O)(=O)O)c2ccccc12.[Na]. The smallest absolute Gasteiger partial charge is 0.295 e. The number of aromatic nitrogens is 1. The molecule has 0 saturated carbocycles. The van der Waals surface area contributed by atoms with Crippen LogP contribution in [0.2, 0.25) is 0 Å². The predicted molar refractivity (Wildman–Crippen MR) is 152 cm³/mol. The zero-order chi connectivity index (χ0) is 25.6. The Balaban J connectivity index is 0.00000294. The summed E-state index contributed by atoms with van der Waals surface area (Å²) in [6, 6.07) is 26.1. The summed E-state index contributed by atoms with van der Waals surface area (Å²) in [5.41, 5.74) is 8.96. The van der Waals surface area contributed by atoms with Crippen molar-refractivity contribution in [2.24, 2.45) is 10.2 Å². The summed E-state index contributed by atoms with van der Waals surface area (Å²) in [7, 11) is -4.49. The normalized spacial score (nSPS) is 12.7. The van der Waals surface area contributed by atoms with Gasteiger partial charge >= 0.3 is 0 Å². The molecule has 0 spiro atoms. The van der Waals surface area contributed by atoms with Crippen LogP contribution in [-0.2, 0) is 10.1 Å². The molecule has 3 N–H and O–H groups in total. The Labute approximate surface area is 250 Å². The fourth-order valence-corrected chi connectivity index (χ4v) is 7.22. The monoisotopic (exact) mass is 565 g/mol. The first-order valence-corrected chi connectivity index (χ1v) is 14.2. The van der Waals surface area contributed by atoms with Gasteiger partial charge < -0.3 is 5.73 Å². The maximum Gasteiger partial charge on any atom is 0.295 e. The number of hydrogen-bond acceptors (Lipinski definition) is 8. The average Bonchev–Trinajstić information content (AvgIpc) is 2.91. The molecule has 1 aromatic heterocycles. The molecule has 1 aliphatic heterocycles. The van der Waals surface area contributed by atoms with E-state index in [2.05, 4.69) is 39.5 Å². The molecular weight excluding hydrogens is 548 g/mol. The van der Waals surface area contributed by atoms with Crippen molar-refractivity contribution in [2.45, 2.75) is 24.5 Å². The van der Waals surface area contributed by atoms with Crippen LogP contribution in [0.4, 0.5) is 17.1 Å². The van der Waals surface area contributed by atoms with Crippen LogP contribution < -0.4 is 5.73 Å². The van der Waals surface area contributed by atoms with Crippen molar-refractivity contribution in [3.8, 4) is 11.3 Å². The zero-order valence-electron chi connectivity index (χ0n) is 20.1. The number of fused-ring (bicyclic) bond motifs is 3. The second-order valence-corrected chi connectivity index (χ2v) is 11.7. The van der Waals surface area contributed by atoms with Crippen LogP contribution in [0.25, 0.3) is 22.0 Å². The van der Waals surface area contributed by atoms with Gasteiger partial charge in [-0.05, 0) is 36.4 Å². The molecule has 38 heavy (non-hydrogen) atoms. The van der Waals surface area contributed by atoms with Crippen LogP contribution in [0.1, 0.15) is 0 Å². The third kappa shape index (κ3) is 5.13. The Bertz CT molecular complexity index is 1830. The van der Waals surface area contributed by atoms with Crippen LogP contribution in [0.3, 0.4) is 0 Å². The van der Waals surface area contributed by atoms with Crippen LogP contribution >= 0.6 is 23.5 Å². The zero-order valence-corrected chi connectivity index (χ0v) is 24.5. The molecule has 5 aromatic rings. The van der Waals surface area contributed by atoms with Crippen molar-refractivity contribution >= 4 is 91.0 Å². The van der Waals surface area contributed by atoms with Gasteiger partial charge in [0.1, 0.15) is 16.3 Å². The van der Waals surface area contributed by atoms with Gasteiger partial charge in [0, 0.05) is 65.5 Å². The van der Waals surface area contributed by atoms with Crippen LogP contribution in [-0.4, -0.2) is 47.5 Å². The van der Waals surface area contributed by atoms with E-state index in [4.69, 9.17) is 5.73 Å². The van der Waals surface area contributed by atoms with E-state index >= 15 is 0 Å². The summed E-state index contributed by atoms with van der Waals surface area (Å²) in [4.78, 5) is 9.15. The fraction of sp³-hybridized carbons (Fsp3) is 0. The van der Waals surface area contributed by atoms with Crippen molar-refractivity contribution in [3.63, 3.8) is 0 Å². The minimum atomic E-state index is -4.49. The molecule has 0 bridgehead atoms. The van der Waals surface area contributed by atoms with Crippen molar-refractivity contribution in [1.82, 2.24) is 4.98 Å². The van der Waals surface area contributed by atoms with E-state index in [-0.39, 0.29) is 45.8 Å². The number of nitrogens with two attached hydrogens (primary N) is 1. The van der Waals surface area contributed by atoms with Crippen LogP contribution in [0, 0.1) is 0 Å². The molecule has 0 atom stereocenters. The molecule has 0 aliphatic carbocycles. The number of benzene rings is 4. The van der Waals surface area contributed by atoms with Gasteiger partial charge in [-0.3, -0.25) is 9.54 Å². The summed E-state index contributed by atoms with van der Waals surface area (Å²) < 4.78 is 33.6. The summed E-state index contributed by atoms with van der Waals surface area (Å²) in [6.07, 6.45) is 1.60. The van der Waals surface area contributed by atoms with Gasteiger partial charge in [-0.1, -0.05) is 72.1 Å². The maximum absolute atomic E-state index is 12.0. The molecule has 0 fully saturated rings. The molecule has 0 amide bonds. The summed E-state index contributed by atoms with van der Waals surface area (Å²) >= 11 is 3.49. The van der Waals surface area contributed by atoms with Gasteiger partial charge in [-0.2, -0.15) is 8.42 Å². The second kappa shape index (κ2) is 10.8. The molecule has 0 saturated heterocycles. The van der Waals surface area contributed by atoms with Crippen molar-refractivity contribution < 1.29 is 13.0 Å². The first kappa shape index (κ1) is 26.9. The molecule has 4 aromatic carbocycles. The van der Waals surface area contributed by atoms with E-state index in [0.29, 0.717) is 16.5 Å². The number of pyridine rings is 1. The van der Waals surface area contributed by atoms with Crippen LogP contribution in [0.15, 0.2) is 126 Å². The summed E-state index contributed by atoms with van der Waals surface area (Å²) in [6.45, 7) is 0. The number of hydrogen-bond donors (Lipinski definition) is 2. The minimum absolute atomic E-state index is 0. The molecule has 1 radical (unpaired) electrons. The second-order valence-electron chi connectivity index (χ2n) is 8.21. The summed E-state index contributed by atoms with van der Waals surface area (Å²) in [5, 5.41) is 9.17. The van der Waals surface area contributed by atoms with Crippen molar-refractivity contribution in [1.29, 1.82) is 0 Å². The van der Waals surface area contributed by atoms with E-state index in [1.165, 1.54) is 20.8 Å². The average molecular weight is 566 g/mol. The Kier molecular flexibility index (Phi) is 7.65. The number of anilines is 1. The fourth-order valence-electron chi connectivity index (χ4n) is 4.11. The number of nitrogens with zero attached hydrogens (tertiary/aromatic N) is 3. The number of azo groups is 1. The van der Waals surface area contributed by atoms with E-state index in [0.717, 1.165) is 16.2 Å². The molecular formula is C27H18N4NaO3S3. The molecule has 11 heteroatoms. The quantitative estimate of drug-likeness (QED) is 0.0991. The van der Waals surface area contributed by atoms with E-state index in [1.807, 2.05) is 24.3 Å². The standard InChI is InChI=1S/C27H18N4O3S3.Na/c28-26-18-7-2-1-6-17(18)25(37(32,33)34)14-21(26)31-30-16-12-13-20(29-15-16)19-8-5-11-24-27(19)36-23-10-4-3-9-22(23)35-24;/h1-15H,28H2,(H,32,33,34);. The third-order valence-electron chi connectivity index (χ3n) is 5.86. The molecule has 7 nitrogen and oxygen atoms in total. The van der Waals surface area contributed by atoms with Gasteiger partial charge in [0.25, 0.3) is 10.1 Å². The third-order valence-corrected chi connectivity index (χ3v) is 9.37. The van der Waals surface area contributed by atoms with E-state index < -0.39 is 10.1 Å². The van der Waals surface area contributed by atoms with Crippen molar-refractivity contribution in [3.05, 3.63) is 91.1 Å². The molecule has 2 heterocycles. The Hall–Kier alpha value is -2.70. The molecule has 1 aliphatic rings. The number of nitrogen functional groups attached to an aromatic ring is 1. The molecule has 183 valence electrons.